The van der Waals surface area contributed by atoms with E-state index in [1.165, 1.54) is 0 Å². The van der Waals surface area contributed by atoms with Crippen molar-refractivity contribution in [2.75, 3.05) is 0 Å². The van der Waals surface area contributed by atoms with Crippen molar-refractivity contribution in [3.05, 3.63) is 45.7 Å². The van der Waals surface area contributed by atoms with Gasteiger partial charge in [-0.3, -0.25) is 4.79 Å². The first-order valence-corrected chi connectivity index (χ1v) is 4.28. The number of aromatic nitrogens is 1. The first kappa shape index (κ1) is 8.05. The van der Waals surface area contributed by atoms with Crippen molar-refractivity contribution >= 4 is 10.9 Å². The summed E-state index contributed by atoms with van der Waals surface area (Å²) in [6.07, 6.45) is 1.69. The Morgan fingerprint density at radius 2 is 1.77 bits per heavy atom. The molecule has 1 aromatic carbocycles. The van der Waals surface area contributed by atoms with Crippen LogP contribution in [0.15, 0.2) is 29.2 Å². The second-order valence-electron chi connectivity index (χ2n) is 3.29. The third kappa shape index (κ3) is 1.15. The van der Waals surface area contributed by atoms with Crippen LogP contribution in [0.25, 0.3) is 10.9 Å². The SMILES string of the molecule is Cc1ccc(C)c2c(=O)cc[nH]c12. The van der Waals surface area contributed by atoms with Gasteiger partial charge in [0.1, 0.15) is 0 Å². The van der Waals surface area contributed by atoms with Crippen molar-refractivity contribution in [3.63, 3.8) is 0 Å². The van der Waals surface area contributed by atoms with E-state index in [0.29, 0.717) is 0 Å². The molecular formula is C11H11NO. The molecular weight excluding hydrogens is 162 g/mol. The molecule has 0 saturated carbocycles. The van der Waals surface area contributed by atoms with Gasteiger partial charge in [0, 0.05) is 17.6 Å². The molecule has 0 aliphatic heterocycles. The molecule has 2 heteroatoms. The van der Waals surface area contributed by atoms with Gasteiger partial charge in [0.15, 0.2) is 5.43 Å². The number of hydrogen-bond donors (Lipinski definition) is 1. The van der Waals surface area contributed by atoms with E-state index in [9.17, 15) is 4.79 Å². The number of nitrogens with one attached hydrogen (secondary N) is 1. The minimum Gasteiger partial charge on any atom is -0.361 e. The lowest BCUT2D eigenvalue weighted by Gasteiger charge is -2.03. The number of H-pyrrole nitrogens is 1. The van der Waals surface area contributed by atoms with E-state index in [2.05, 4.69) is 4.98 Å². The highest BCUT2D eigenvalue weighted by molar-refractivity contribution is 5.84. The molecule has 66 valence electrons. The average molecular weight is 173 g/mol. The van der Waals surface area contributed by atoms with Gasteiger partial charge in [-0.05, 0) is 25.0 Å². The molecule has 0 aliphatic rings. The van der Waals surface area contributed by atoms with Crippen molar-refractivity contribution in [2.24, 2.45) is 0 Å². The van der Waals surface area contributed by atoms with Gasteiger partial charge in [-0.25, -0.2) is 0 Å². The molecule has 0 fully saturated rings. The topological polar surface area (TPSA) is 32.9 Å². The van der Waals surface area contributed by atoms with Crippen molar-refractivity contribution in [1.29, 1.82) is 0 Å². The molecule has 0 amide bonds. The highest BCUT2D eigenvalue weighted by Gasteiger charge is 2.02. The minimum atomic E-state index is 0.0925. The van der Waals surface area contributed by atoms with E-state index < -0.39 is 0 Å². The number of rotatable bonds is 0. The second kappa shape index (κ2) is 2.73. The standard InChI is InChI=1S/C11H11NO/c1-7-3-4-8(2)11-10(7)9(13)5-6-12-11/h3-6H,1-2H3,(H,12,13). The fourth-order valence-corrected chi connectivity index (χ4v) is 1.60. The highest BCUT2D eigenvalue weighted by Crippen LogP contribution is 2.15. The average Bonchev–Trinajstić information content (AvgIpc) is 2.12. The van der Waals surface area contributed by atoms with E-state index in [4.69, 9.17) is 0 Å². The van der Waals surface area contributed by atoms with Gasteiger partial charge in [0.05, 0.1) is 5.52 Å². The largest absolute Gasteiger partial charge is 0.361 e. The van der Waals surface area contributed by atoms with Gasteiger partial charge in [-0.15, -0.1) is 0 Å². The van der Waals surface area contributed by atoms with Crippen LogP contribution < -0.4 is 5.43 Å². The smallest absolute Gasteiger partial charge is 0.189 e. The normalized spacial score (nSPS) is 10.6. The van der Waals surface area contributed by atoms with Gasteiger partial charge >= 0.3 is 0 Å². The highest BCUT2D eigenvalue weighted by atomic mass is 16.1. The van der Waals surface area contributed by atoms with Crippen LogP contribution in [0.3, 0.4) is 0 Å². The Balaban J connectivity index is 3.09. The molecule has 1 heterocycles. The van der Waals surface area contributed by atoms with Gasteiger partial charge in [0.2, 0.25) is 0 Å². The van der Waals surface area contributed by atoms with Crippen molar-refractivity contribution in [1.82, 2.24) is 4.98 Å². The summed E-state index contributed by atoms with van der Waals surface area (Å²) in [7, 11) is 0. The summed E-state index contributed by atoms with van der Waals surface area (Å²) in [5, 5.41) is 0.808. The molecule has 0 radical (unpaired) electrons. The molecule has 13 heavy (non-hydrogen) atoms. The Labute approximate surface area is 76.2 Å². The summed E-state index contributed by atoms with van der Waals surface area (Å²) in [5.41, 5.74) is 3.18. The Morgan fingerprint density at radius 1 is 1.08 bits per heavy atom. The van der Waals surface area contributed by atoms with E-state index in [0.717, 1.165) is 22.0 Å². The lowest BCUT2D eigenvalue weighted by Crippen LogP contribution is -2.02. The summed E-state index contributed by atoms with van der Waals surface area (Å²) in [6, 6.07) is 5.56. The van der Waals surface area contributed by atoms with Crippen LogP contribution in [-0.2, 0) is 0 Å². The quantitative estimate of drug-likeness (QED) is 0.650. The maximum Gasteiger partial charge on any atom is 0.189 e. The first-order chi connectivity index (χ1) is 6.20. The molecule has 1 N–H and O–H groups in total. The third-order valence-electron chi connectivity index (χ3n) is 2.33. The Hall–Kier alpha value is -1.57. The molecule has 0 bridgehead atoms. The van der Waals surface area contributed by atoms with Crippen LogP contribution in [0.2, 0.25) is 0 Å². The summed E-state index contributed by atoms with van der Waals surface area (Å²) >= 11 is 0. The van der Waals surface area contributed by atoms with Crippen LogP contribution in [0.5, 0.6) is 0 Å². The van der Waals surface area contributed by atoms with Gasteiger partial charge in [-0.1, -0.05) is 12.1 Å². The van der Waals surface area contributed by atoms with E-state index in [-0.39, 0.29) is 5.43 Å². The van der Waals surface area contributed by atoms with Gasteiger partial charge in [-0.2, -0.15) is 0 Å². The number of pyridine rings is 1. The first-order valence-electron chi connectivity index (χ1n) is 4.28. The van der Waals surface area contributed by atoms with Crippen LogP contribution in [0.4, 0.5) is 0 Å². The predicted molar refractivity (Wildman–Crippen MR) is 54.0 cm³/mol. The molecule has 0 spiro atoms. The number of aromatic amines is 1. The summed E-state index contributed by atoms with van der Waals surface area (Å²) < 4.78 is 0. The zero-order valence-electron chi connectivity index (χ0n) is 7.72. The number of benzene rings is 1. The summed E-state index contributed by atoms with van der Waals surface area (Å²) in [6.45, 7) is 3.95. The van der Waals surface area contributed by atoms with Crippen LogP contribution >= 0.6 is 0 Å². The molecule has 0 unspecified atom stereocenters. The second-order valence-corrected chi connectivity index (χ2v) is 3.29. The molecule has 0 atom stereocenters. The lowest BCUT2D eigenvalue weighted by atomic mass is 10.1. The summed E-state index contributed by atoms with van der Waals surface area (Å²) in [5.74, 6) is 0. The lowest BCUT2D eigenvalue weighted by molar-refractivity contribution is 1.33. The monoisotopic (exact) mass is 173 g/mol. The summed E-state index contributed by atoms with van der Waals surface area (Å²) in [4.78, 5) is 14.6. The number of fused-ring (bicyclic) bond motifs is 1. The molecule has 1 aromatic heterocycles. The fourth-order valence-electron chi connectivity index (χ4n) is 1.60. The van der Waals surface area contributed by atoms with Crippen molar-refractivity contribution in [2.45, 2.75) is 13.8 Å². The van der Waals surface area contributed by atoms with E-state index >= 15 is 0 Å². The fraction of sp³-hybridized carbons (Fsp3) is 0.182. The van der Waals surface area contributed by atoms with E-state index in [1.54, 1.807) is 12.3 Å². The predicted octanol–water partition coefficient (Wildman–Crippen LogP) is 2.14. The van der Waals surface area contributed by atoms with Crippen LogP contribution in [-0.4, -0.2) is 4.98 Å². The van der Waals surface area contributed by atoms with Crippen LogP contribution in [0, 0.1) is 13.8 Å². The van der Waals surface area contributed by atoms with Crippen molar-refractivity contribution < 1.29 is 0 Å². The maximum absolute atomic E-state index is 11.5. The minimum absolute atomic E-state index is 0.0925. The van der Waals surface area contributed by atoms with Gasteiger partial charge < -0.3 is 4.98 Å². The van der Waals surface area contributed by atoms with Crippen LogP contribution in [0.1, 0.15) is 11.1 Å². The van der Waals surface area contributed by atoms with Gasteiger partial charge in [0.25, 0.3) is 0 Å². The zero-order valence-corrected chi connectivity index (χ0v) is 7.72. The molecule has 0 saturated heterocycles. The molecule has 2 aromatic rings. The maximum atomic E-state index is 11.5. The molecule has 0 aliphatic carbocycles. The molecule has 2 nitrogen and oxygen atoms in total. The zero-order chi connectivity index (χ0) is 9.42. The molecule has 2 rings (SSSR count). The Kier molecular flexibility index (Phi) is 1.69. The van der Waals surface area contributed by atoms with E-state index in [1.807, 2.05) is 26.0 Å². The number of aryl methyl sites for hydroxylation is 2. The van der Waals surface area contributed by atoms with Crippen molar-refractivity contribution in [3.8, 4) is 0 Å². The Morgan fingerprint density at radius 3 is 2.46 bits per heavy atom. The number of hydrogen-bond acceptors (Lipinski definition) is 1. The Bertz CT molecular complexity index is 511. The third-order valence-corrected chi connectivity index (χ3v) is 2.33.